The second kappa shape index (κ2) is 6.38. The lowest BCUT2D eigenvalue weighted by Gasteiger charge is -2.36. The monoisotopic (exact) mass is 281 g/mol. The number of carbonyl (C=O) groups is 2. The molecule has 0 saturated carbocycles. The van der Waals surface area contributed by atoms with Crippen LogP contribution in [0.2, 0.25) is 0 Å². The molecule has 8 heteroatoms. The number of carboxylic acid groups (broad SMARTS) is 1. The largest absolute Gasteiger partial charge is 0.480 e. The number of H-pyrrole nitrogens is 1. The van der Waals surface area contributed by atoms with Crippen LogP contribution in [0.15, 0.2) is 12.4 Å². The molecule has 2 amide bonds. The molecular weight excluding hydrogens is 262 g/mol. The summed E-state index contributed by atoms with van der Waals surface area (Å²) in [7, 11) is 0. The fourth-order valence-electron chi connectivity index (χ4n) is 2.13. The Hall–Kier alpha value is -2.09. The number of nitrogens with zero attached hydrogens (tertiary/aromatic N) is 3. The molecule has 0 bridgehead atoms. The van der Waals surface area contributed by atoms with E-state index in [0.29, 0.717) is 38.5 Å². The van der Waals surface area contributed by atoms with Crippen LogP contribution < -0.4 is 5.32 Å². The van der Waals surface area contributed by atoms with Gasteiger partial charge in [-0.2, -0.15) is 0 Å². The van der Waals surface area contributed by atoms with Gasteiger partial charge in [0.2, 0.25) is 0 Å². The van der Waals surface area contributed by atoms with Gasteiger partial charge in [0.15, 0.2) is 0 Å². The minimum atomic E-state index is -0.833. The molecule has 1 aliphatic heterocycles. The summed E-state index contributed by atoms with van der Waals surface area (Å²) in [5.41, 5.74) is 0. The van der Waals surface area contributed by atoms with Gasteiger partial charge in [0.05, 0.1) is 6.54 Å². The smallest absolute Gasteiger partial charge is 0.320 e. The number of urea groups is 1. The molecule has 2 rings (SSSR count). The zero-order valence-electron chi connectivity index (χ0n) is 11.4. The summed E-state index contributed by atoms with van der Waals surface area (Å²) in [5.74, 6) is -0.128. The second-order valence-corrected chi connectivity index (χ2v) is 4.73. The van der Waals surface area contributed by atoms with Crippen molar-refractivity contribution in [2.45, 2.75) is 19.5 Å². The van der Waals surface area contributed by atoms with Crippen molar-refractivity contribution in [2.24, 2.45) is 0 Å². The SMILES string of the molecule is CC(C(=O)O)N1CCN(C(=O)NCc2ncc[nH]2)CC1. The Kier molecular flexibility index (Phi) is 4.57. The highest BCUT2D eigenvalue weighted by molar-refractivity contribution is 5.74. The molecule has 1 unspecified atom stereocenters. The first-order valence-corrected chi connectivity index (χ1v) is 6.56. The molecule has 0 aliphatic carbocycles. The Morgan fingerprint density at radius 1 is 1.45 bits per heavy atom. The van der Waals surface area contributed by atoms with Crippen molar-refractivity contribution in [2.75, 3.05) is 26.2 Å². The number of hydrogen-bond donors (Lipinski definition) is 3. The fraction of sp³-hybridized carbons (Fsp3) is 0.583. The number of imidazole rings is 1. The maximum Gasteiger partial charge on any atom is 0.320 e. The Balaban J connectivity index is 1.75. The summed E-state index contributed by atoms with van der Waals surface area (Å²) in [6.45, 7) is 4.22. The molecule has 1 aromatic rings. The topological polar surface area (TPSA) is 102 Å². The van der Waals surface area contributed by atoms with Gasteiger partial charge in [-0.15, -0.1) is 0 Å². The predicted octanol–water partition coefficient (Wildman–Crippen LogP) is -0.290. The van der Waals surface area contributed by atoms with Crippen LogP contribution in [0.5, 0.6) is 0 Å². The number of aliphatic carboxylic acids is 1. The van der Waals surface area contributed by atoms with Gasteiger partial charge in [-0.25, -0.2) is 9.78 Å². The maximum absolute atomic E-state index is 11.9. The third-order valence-electron chi connectivity index (χ3n) is 3.47. The third-order valence-corrected chi connectivity index (χ3v) is 3.47. The highest BCUT2D eigenvalue weighted by Crippen LogP contribution is 2.06. The van der Waals surface area contributed by atoms with E-state index in [1.54, 1.807) is 24.2 Å². The fourth-order valence-corrected chi connectivity index (χ4v) is 2.13. The Labute approximate surface area is 116 Å². The van der Waals surface area contributed by atoms with E-state index < -0.39 is 12.0 Å². The van der Waals surface area contributed by atoms with Crippen LogP contribution in [-0.4, -0.2) is 69.1 Å². The molecule has 1 saturated heterocycles. The molecule has 1 fully saturated rings. The van der Waals surface area contributed by atoms with Gasteiger partial charge >= 0.3 is 12.0 Å². The minimum absolute atomic E-state index is 0.149. The van der Waals surface area contributed by atoms with E-state index in [1.165, 1.54) is 0 Å². The summed E-state index contributed by atoms with van der Waals surface area (Å²) >= 11 is 0. The van der Waals surface area contributed by atoms with E-state index in [-0.39, 0.29) is 6.03 Å². The Bertz CT molecular complexity index is 454. The average molecular weight is 281 g/mol. The number of amides is 2. The molecule has 0 radical (unpaired) electrons. The Morgan fingerprint density at radius 2 is 2.15 bits per heavy atom. The van der Waals surface area contributed by atoms with E-state index in [2.05, 4.69) is 15.3 Å². The lowest BCUT2D eigenvalue weighted by atomic mass is 10.2. The van der Waals surface area contributed by atoms with Crippen LogP contribution in [-0.2, 0) is 11.3 Å². The zero-order chi connectivity index (χ0) is 14.5. The van der Waals surface area contributed by atoms with Crippen molar-refractivity contribution >= 4 is 12.0 Å². The number of aromatic amines is 1. The standard InChI is InChI=1S/C12H19N5O3/c1-9(11(18)19)16-4-6-17(7-5-16)12(20)15-8-10-13-2-3-14-10/h2-3,9H,4-8H2,1H3,(H,13,14)(H,15,20)(H,18,19). The molecule has 1 atom stereocenters. The average Bonchev–Trinajstić information content (AvgIpc) is 2.97. The quantitative estimate of drug-likeness (QED) is 0.704. The lowest BCUT2D eigenvalue weighted by molar-refractivity contribution is -0.143. The van der Waals surface area contributed by atoms with E-state index in [9.17, 15) is 9.59 Å². The molecule has 0 aromatic carbocycles. The maximum atomic E-state index is 11.9. The highest BCUT2D eigenvalue weighted by Gasteiger charge is 2.26. The third kappa shape index (κ3) is 3.47. The van der Waals surface area contributed by atoms with Crippen LogP contribution in [0.4, 0.5) is 4.79 Å². The number of carboxylic acids is 1. The number of piperazine rings is 1. The molecule has 3 N–H and O–H groups in total. The van der Waals surface area contributed by atoms with Crippen molar-refractivity contribution in [1.82, 2.24) is 25.1 Å². The molecule has 0 spiro atoms. The number of hydrogen-bond acceptors (Lipinski definition) is 4. The van der Waals surface area contributed by atoms with Gasteiger partial charge in [0, 0.05) is 38.6 Å². The van der Waals surface area contributed by atoms with Crippen molar-refractivity contribution in [3.63, 3.8) is 0 Å². The molecule has 1 aromatic heterocycles. The predicted molar refractivity (Wildman–Crippen MR) is 71.1 cm³/mol. The first kappa shape index (κ1) is 14.3. The normalized spacial score (nSPS) is 17.8. The molecule has 1 aliphatic rings. The summed E-state index contributed by atoms with van der Waals surface area (Å²) in [6.07, 6.45) is 3.33. The van der Waals surface area contributed by atoms with E-state index >= 15 is 0 Å². The van der Waals surface area contributed by atoms with E-state index in [4.69, 9.17) is 5.11 Å². The van der Waals surface area contributed by atoms with Crippen LogP contribution >= 0.6 is 0 Å². The summed E-state index contributed by atoms with van der Waals surface area (Å²) in [6, 6.07) is -0.660. The summed E-state index contributed by atoms with van der Waals surface area (Å²) in [5, 5.41) is 11.7. The highest BCUT2D eigenvalue weighted by atomic mass is 16.4. The van der Waals surface area contributed by atoms with Gasteiger partial charge in [0.25, 0.3) is 0 Å². The van der Waals surface area contributed by atoms with Gasteiger partial charge in [-0.1, -0.05) is 0 Å². The number of aromatic nitrogens is 2. The molecule has 20 heavy (non-hydrogen) atoms. The first-order valence-electron chi connectivity index (χ1n) is 6.56. The van der Waals surface area contributed by atoms with Crippen LogP contribution in [0.25, 0.3) is 0 Å². The van der Waals surface area contributed by atoms with Crippen molar-refractivity contribution in [3.05, 3.63) is 18.2 Å². The second-order valence-electron chi connectivity index (χ2n) is 4.73. The molecule has 8 nitrogen and oxygen atoms in total. The number of rotatable bonds is 4. The van der Waals surface area contributed by atoms with Crippen LogP contribution in [0.1, 0.15) is 12.7 Å². The van der Waals surface area contributed by atoms with Gasteiger partial charge < -0.3 is 20.3 Å². The van der Waals surface area contributed by atoms with Crippen molar-refractivity contribution < 1.29 is 14.7 Å². The van der Waals surface area contributed by atoms with Gasteiger partial charge in [-0.05, 0) is 6.92 Å². The minimum Gasteiger partial charge on any atom is -0.480 e. The molecule has 110 valence electrons. The summed E-state index contributed by atoms with van der Waals surface area (Å²) < 4.78 is 0. The van der Waals surface area contributed by atoms with E-state index in [1.807, 2.05) is 4.90 Å². The first-order chi connectivity index (χ1) is 9.58. The number of nitrogens with one attached hydrogen (secondary N) is 2. The number of carbonyl (C=O) groups excluding carboxylic acids is 1. The zero-order valence-corrected chi connectivity index (χ0v) is 11.4. The molecule has 2 heterocycles. The molecular formula is C12H19N5O3. The van der Waals surface area contributed by atoms with Crippen LogP contribution in [0, 0.1) is 0 Å². The van der Waals surface area contributed by atoms with Crippen LogP contribution in [0.3, 0.4) is 0 Å². The lowest BCUT2D eigenvalue weighted by Crippen LogP contribution is -2.55. The van der Waals surface area contributed by atoms with Gasteiger partial charge in [0.1, 0.15) is 11.9 Å². The van der Waals surface area contributed by atoms with E-state index in [0.717, 1.165) is 0 Å². The Morgan fingerprint density at radius 3 is 2.70 bits per heavy atom. The van der Waals surface area contributed by atoms with Crippen molar-refractivity contribution in [1.29, 1.82) is 0 Å². The van der Waals surface area contributed by atoms with Gasteiger partial charge in [-0.3, -0.25) is 9.69 Å². The summed E-state index contributed by atoms with van der Waals surface area (Å²) in [4.78, 5) is 33.3. The van der Waals surface area contributed by atoms with Crippen molar-refractivity contribution in [3.8, 4) is 0 Å².